The van der Waals surface area contributed by atoms with Crippen LogP contribution in [0.3, 0.4) is 0 Å². The van der Waals surface area contributed by atoms with Crippen LogP contribution in [-0.4, -0.2) is 35.4 Å². The molecule has 37 heavy (non-hydrogen) atoms. The number of fused-ring (bicyclic) bond motifs is 1. The predicted molar refractivity (Wildman–Crippen MR) is 132 cm³/mol. The van der Waals surface area contributed by atoms with Crippen LogP contribution < -0.4 is 11.1 Å². The zero-order valence-electron chi connectivity index (χ0n) is 19.4. The summed E-state index contributed by atoms with van der Waals surface area (Å²) in [7, 11) is 1.74. The Bertz CT molecular complexity index is 1670. The zero-order chi connectivity index (χ0) is 26.5. The van der Waals surface area contributed by atoms with Crippen LogP contribution in [0.4, 0.5) is 24.7 Å². The number of halogens is 4. The Morgan fingerprint density at radius 2 is 1.86 bits per heavy atom. The molecule has 188 valence electrons. The molecule has 0 atom stereocenters. The number of anilines is 2. The van der Waals surface area contributed by atoms with Gasteiger partial charge >= 0.3 is 6.18 Å². The Kier molecular flexibility index (Phi) is 5.83. The Morgan fingerprint density at radius 3 is 2.54 bits per heavy atom. The lowest BCUT2D eigenvalue weighted by molar-refractivity contribution is -0.143. The van der Waals surface area contributed by atoms with E-state index in [4.69, 9.17) is 17.3 Å². The summed E-state index contributed by atoms with van der Waals surface area (Å²) in [6.45, 7) is 1.60. The molecule has 0 fully saturated rings. The first-order chi connectivity index (χ1) is 17.5. The van der Waals surface area contributed by atoms with Crippen LogP contribution in [0.15, 0.2) is 55.0 Å². The van der Waals surface area contributed by atoms with Crippen molar-refractivity contribution in [2.75, 3.05) is 11.1 Å². The predicted octanol–water partition coefficient (Wildman–Crippen LogP) is 5.03. The quantitative estimate of drug-likeness (QED) is 0.339. The molecule has 0 radical (unpaired) electrons. The van der Waals surface area contributed by atoms with Gasteiger partial charge in [-0.3, -0.25) is 9.48 Å². The van der Waals surface area contributed by atoms with Crippen LogP contribution in [0.25, 0.3) is 27.8 Å². The van der Waals surface area contributed by atoms with Gasteiger partial charge in [-0.2, -0.15) is 23.4 Å². The van der Waals surface area contributed by atoms with Crippen LogP contribution >= 0.6 is 11.6 Å². The summed E-state index contributed by atoms with van der Waals surface area (Å²) >= 11 is 6.35. The number of aryl methyl sites for hydroxylation is 2. The summed E-state index contributed by atoms with van der Waals surface area (Å²) in [5, 5.41) is 11.6. The zero-order valence-corrected chi connectivity index (χ0v) is 20.1. The number of aromatic nitrogens is 6. The summed E-state index contributed by atoms with van der Waals surface area (Å²) in [5.74, 6) is -0.870. The molecule has 0 aliphatic heterocycles. The molecule has 0 saturated heterocycles. The molecule has 0 bridgehead atoms. The number of carbonyl (C=O) groups excluding carboxylic acids is 1. The summed E-state index contributed by atoms with van der Waals surface area (Å²) < 4.78 is 45.0. The molecule has 0 aliphatic rings. The van der Waals surface area contributed by atoms with Gasteiger partial charge in [0, 0.05) is 24.0 Å². The average molecular weight is 527 g/mol. The molecule has 1 amide bonds. The fraction of sp³-hybridized carbons (Fsp3) is 0.125. The number of nitrogens with one attached hydrogen (secondary N) is 1. The van der Waals surface area contributed by atoms with Gasteiger partial charge in [-0.1, -0.05) is 35.9 Å². The van der Waals surface area contributed by atoms with Gasteiger partial charge in [-0.05, 0) is 19.1 Å². The molecule has 0 saturated carbocycles. The van der Waals surface area contributed by atoms with Gasteiger partial charge in [0.25, 0.3) is 5.91 Å². The average Bonchev–Trinajstić information content (AvgIpc) is 3.48. The number of nitrogens with zero attached hydrogens (tertiary/aromatic N) is 6. The Hall–Kier alpha value is -4.45. The van der Waals surface area contributed by atoms with Crippen molar-refractivity contribution < 1.29 is 18.0 Å². The number of amides is 1. The molecule has 5 rings (SSSR count). The topological polar surface area (TPSA) is 117 Å². The first-order valence-corrected chi connectivity index (χ1v) is 11.2. The van der Waals surface area contributed by atoms with E-state index in [2.05, 4.69) is 25.5 Å². The minimum atomic E-state index is -4.92. The van der Waals surface area contributed by atoms with E-state index >= 15 is 0 Å². The van der Waals surface area contributed by atoms with E-state index in [0.29, 0.717) is 32.5 Å². The van der Waals surface area contributed by atoms with Gasteiger partial charge in [0.1, 0.15) is 17.2 Å². The molecular weight excluding hydrogens is 509 g/mol. The number of rotatable bonds is 4. The minimum absolute atomic E-state index is 0.0248. The van der Waals surface area contributed by atoms with Crippen LogP contribution in [0.2, 0.25) is 5.02 Å². The monoisotopic (exact) mass is 526 g/mol. The maximum Gasteiger partial charge on any atom is 0.434 e. The second kappa shape index (κ2) is 8.89. The second-order valence-electron chi connectivity index (χ2n) is 8.17. The Labute approximate surface area is 212 Å². The first-order valence-electron chi connectivity index (χ1n) is 10.8. The van der Waals surface area contributed by atoms with Crippen molar-refractivity contribution >= 4 is 39.8 Å². The highest BCUT2D eigenvalue weighted by Crippen LogP contribution is 2.36. The number of hydrogen-bond acceptors (Lipinski definition) is 6. The molecule has 3 N–H and O–H groups in total. The number of pyridine rings is 2. The highest BCUT2D eigenvalue weighted by Gasteiger charge is 2.41. The number of nitrogen functional groups attached to an aromatic ring is 1. The number of alkyl halides is 3. The van der Waals surface area contributed by atoms with E-state index in [0.717, 1.165) is 6.20 Å². The highest BCUT2D eigenvalue weighted by molar-refractivity contribution is 6.33. The molecule has 1 aromatic carbocycles. The number of carbonyl (C=O) groups is 1. The van der Waals surface area contributed by atoms with E-state index in [1.165, 1.54) is 12.3 Å². The summed E-state index contributed by atoms with van der Waals surface area (Å²) in [6.07, 6.45) is -1.16. The largest absolute Gasteiger partial charge is 0.434 e. The van der Waals surface area contributed by atoms with Crippen LogP contribution in [0.1, 0.15) is 21.7 Å². The van der Waals surface area contributed by atoms with Crippen molar-refractivity contribution in [2.45, 2.75) is 13.1 Å². The SMILES string of the molecule is Cc1nc(-c2ccn(C)n2)c(Cl)cc1NC(=O)c1cnn(-c2cnc(N)c3ccccc23)c1C(F)(F)F. The molecule has 9 nitrogen and oxygen atoms in total. The van der Waals surface area contributed by atoms with Crippen LogP contribution in [0.5, 0.6) is 0 Å². The maximum atomic E-state index is 14.3. The molecule has 4 heterocycles. The smallest absolute Gasteiger partial charge is 0.383 e. The lowest BCUT2D eigenvalue weighted by atomic mass is 10.1. The van der Waals surface area contributed by atoms with Gasteiger partial charge in [-0.25, -0.2) is 14.6 Å². The normalized spacial score (nSPS) is 11.7. The fourth-order valence-electron chi connectivity index (χ4n) is 3.96. The highest BCUT2D eigenvalue weighted by atomic mass is 35.5. The number of nitrogens with two attached hydrogens (primary N) is 1. The molecule has 0 spiro atoms. The summed E-state index contributed by atoms with van der Waals surface area (Å²) in [4.78, 5) is 21.5. The lowest BCUT2D eigenvalue weighted by Crippen LogP contribution is -2.21. The number of benzene rings is 1. The van der Waals surface area contributed by atoms with Crippen molar-refractivity contribution in [1.29, 1.82) is 0 Å². The van der Waals surface area contributed by atoms with E-state index in [1.807, 2.05) is 0 Å². The van der Waals surface area contributed by atoms with Crippen molar-refractivity contribution in [3.05, 3.63) is 77.0 Å². The van der Waals surface area contributed by atoms with Gasteiger partial charge in [0.05, 0.1) is 40.0 Å². The fourth-order valence-corrected chi connectivity index (χ4v) is 4.20. The van der Waals surface area contributed by atoms with E-state index < -0.39 is 23.3 Å². The third kappa shape index (κ3) is 4.35. The molecule has 13 heteroatoms. The van der Waals surface area contributed by atoms with Crippen LogP contribution in [0, 0.1) is 6.92 Å². The van der Waals surface area contributed by atoms with Gasteiger partial charge in [0.15, 0.2) is 5.69 Å². The van der Waals surface area contributed by atoms with Crippen LogP contribution in [-0.2, 0) is 13.2 Å². The van der Waals surface area contributed by atoms with Crippen molar-refractivity contribution in [2.24, 2.45) is 7.05 Å². The van der Waals surface area contributed by atoms with E-state index in [9.17, 15) is 18.0 Å². The standard InChI is InChI=1S/C24H18ClF3N8O/c1-12-18(9-16(25)20(32-12)17-7-8-35(2)34-17)33-23(37)15-10-31-36(21(15)24(26,27)28)19-11-30-22(29)14-6-4-3-5-13(14)19/h3-11H,1-2H3,(H2,29,30)(H,33,37). The maximum absolute atomic E-state index is 14.3. The van der Waals surface area contributed by atoms with Gasteiger partial charge < -0.3 is 11.1 Å². The first kappa shape index (κ1) is 24.3. The molecule has 0 aliphatic carbocycles. The molecule has 5 aromatic rings. The second-order valence-corrected chi connectivity index (χ2v) is 8.58. The van der Waals surface area contributed by atoms with E-state index in [-0.39, 0.29) is 22.2 Å². The van der Waals surface area contributed by atoms with Gasteiger partial charge in [0.2, 0.25) is 0 Å². The Morgan fingerprint density at radius 1 is 1.14 bits per heavy atom. The van der Waals surface area contributed by atoms with Crippen molar-refractivity contribution in [3.8, 4) is 17.1 Å². The van der Waals surface area contributed by atoms with Gasteiger partial charge in [-0.15, -0.1) is 0 Å². The third-order valence-corrected chi connectivity index (χ3v) is 5.97. The van der Waals surface area contributed by atoms with Crippen molar-refractivity contribution in [1.82, 2.24) is 29.5 Å². The van der Waals surface area contributed by atoms with E-state index in [1.54, 1.807) is 55.2 Å². The third-order valence-electron chi connectivity index (χ3n) is 5.69. The molecule has 4 aromatic heterocycles. The minimum Gasteiger partial charge on any atom is -0.383 e. The van der Waals surface area contributed by atoms with Crippen molar-refractivity contribution in [3.63, 3.8) is 0 Å². The lowest BCUT2D eigenvalue weighted by Gasteiger charge is -2.15. The molecular formula is C24H18ClF3N8O. The molecule has 0 unspecified atom stereocenters. The summed E-state index contributed by atoms with van der Waals surface area (Å²) in [5.41, 5.74) is 5.35. The summed E-state index contributed by atoms with van der Waals surface area (Å²) in [6, 6.07) is 9.72. The number of hydrogen-bond donors (Lipinski definition) is 2. The Balaban J connectivity index is 1.55.